The summed E-state index contributed by atoms with van der Waals surface area (Å²) >= 11 is 0. The number of aromatic nitrogens is 3. The van der Waals surface area contributed by atoms with E-state index in [1.165, 1.54) is 6.42 Å². The molecule has 0 aliphatic heterocycles. The first-order valence-electron chi connectivity index (χ1n) is 9.81. The topological polar surface area (TPSA) is 60.9 Å². The molecule has 0 radical (unpaired) electrons. The SMILES string of the molecule is C=S(=O)(C1CCCCC1)C(C)(C)c1nc(-c2cc(C(C)(C)C)nn2C)co1. The Bertz CT molecular complexity index is 908. The lowest BCUT2D eigenvalue weighted by Gasteiger charge is -2.34. The summed E-state index contributed by atoms with van der Waals surface area (Å²) in [5, 5.41) is 4.76. The van der Waals surface area contributed by atoms with E-state index >= 15 is 0 Å². The maximum absolute atomic E-state index is 13.7. The van der Waals surface area contributed by atoms with Crippen LogP contribution in [0, 0.1) is 0 Å². The van der Waals surface area contributed by atoms with Crippen molar-refractivity contribution in [2.24, 2.45) is 7.05 Å². The largest absolute Gasteiger partial charge is 0.447 e. The Morgan fingerprint density at radius 1 is 1.19 bits per heavy atom. The van der Waals surface area contributed by atoms with Crippen LogP contribution in [-0.4, -0.2) is 30.1 Å². The highest BCUT2D eigenvalue weighted by Gasteiger charge is 2.41. The Balaban J connectivity index is 1.94. The highest BCUT2D eigenvalue weighted by atomic mass is 32.2. The van der Waals surface area contributed by atoms with Crippen LogP contribution in [0.4, 0.5) is 0 Å². The van der Waals surface area contributed by atoms with E-state index in [0.29, 0.717) is 5.89 Å². The van der Waals surface area contributed by atoms with Crippen LogP contribution in [0.25, 0.3) is 11.4 Å². The zero-order valence-corrected chi connectivity index (χ0v) is 18.4. The van der Waals surface area contributed by atoms with Gasteiger partial charge in [-0.3, -0.25) is 8.89 Å². The number of hydrogen-bond acceptors (Lipinski definition) is 4. The van der Waals surface area contributed by atoms with Gasteiger partial charge in [0.2, 0.25) is 5.89 Å². The second-order valence-electron chi connectivity index (χ2n) is 9.32. The van der Waals surface area contributed by atoms with Crippen LogP contribution < -0.4 is 0 Å². The standard InChI is InChI=1S/C21H33N3O2S/c1-20(2,3)18-13-17(24(6)23-18)16-14-26-19(22-16)21(4,5)27(7,25)15-11-9-8-10-12-15/h13-15H,7-12H2,1-6H3. The van der Waals surface area contributed by atoms with E-state index in [4.69, 9.17) is 9.40 Å². The molecule has 6 heteroatoms. The Morgan fingerprint density at radius 3 is 2.37 bits per heavy atom. The minimum absolute atomic E-state index is 0.0372. The van der Waals surface area contributed by atoms with Gasteiger partial charge in [0, 0.05) is 17.7 Å². The highest BCUT2D eigenvalue weighted by molar-refractivity contribution is 8.01. The summed E-state index contributed by atoms with van der Waals surface area (Å²) in [7, 11) is -0.477. The third-order valence-electron chi connectivity index (χ3n) is 5.88. The molecule has 0 N–H and O–H groups in total. The molecule has 1 aliphatic rings. The zero-order chi connectivity index (χ0) is 20.0. The van der Waals surface area contributed by atoms with Crippen LogP contribution in [-0.2, 0) is 26.7 Å². The summed E-state index contributed by atoms with van der Waals surface area (Å²) in [5.74, 6) is 4.69. The predicted molar refractivity (Wildman–Crippen MR) is 113 cm³/mol. The number of nitrogens with zero attached hydrogens (tertiary/aromatic N) is 3. The van der Waals surface area contributed by atoms with Crippen LogP contribution in [0.2, 0.25) is 0 Å². The van der Waals surface area contributed by atoms with Gasteiger partial charge in [-0.25, -0.2) is 4.98 Å². The van der Waals surface area contributed by atoms with Gasteiger partial charge in [0.05, 0.1) is 11.4 Å². The molecule has 0 amide bonds. The van der Waals surface area contributed by atoms with Crippen LogP contribution in [0.1, 0.15) is 78.3 Å². The molecule has 2 heterocycles. The van der Waals surface area contributed by atoms with Gasteiger partial charge < -0.3 is 4.42 Å². The quantitative estimate of drug-likeness (QED) is 0.711. The van der Waals surface area contributed by atoms with Gasteiger partial charge in [-0.05, 0) is 48.1 Å². The molecule has 5 nitrogen and oxygen atoms in total. The van der Waals surface area contributed by atoms with Gasteiger partial charge in [0.1, 0.15) is 16.7 Å². The van der Waals surface area contributed by atoms with E-state index in [9.17, 15) is 4.21 Å². The van der Waals surface area contributed by atoms with Crippen molar-refractivity contribution in [1.29, 1.82) is 0 Å². The summed E-state index contributed by atoms with van der Waals surface area (Å²) in [6.07, 6.45) is 7.11. The molecule has 1 saturated carbocycles. The number of hydrogen-bond donors (Lipinski definition) is 0. The Kier molecular flexibility index (Phi) is 5.08. The Hall–Kier alpha value is -1.56. The average molecular weight is 392 g/mol. The van der Waals surface area contributed by atoms with Crippen molar-refractivity contribution < 1.29 is 8.63 Å². The number of oxazole rings is 1. The fraction of sp³-hybridized carbons (Fsp3) is 0.667. The third kappa shape index (κ3) is 3.60. The molecule has 2 aromatic heterocycles. The summed E-state index contributed by atoms with van der Waals surface area (Å²) in [5.41, 5.74) is 2.60. The van der Waals surface area contributed by atoms with Gasteiger partial charge in [-0.1, -0.05) is 40.0 Å². The molecule has 1 unspecified atom stereocenters. The minimum Gasteiger partial charge on any atom is -0.447 e. The van der Waals surface area contributed by atoms with Gasteiger partial charge in [-0.15, -0.1) is 0 Å². The van der Waals surface area contributed by atoms with Crippen molar-refractivity contribution in [2.75, 3.05) is 0 Å². The minimum atomic E-state index is -2.39. The maximum atomic E-state index is 13.7. The van der Waals surface area contributed by atoms with E-state index in [0.717, 1.165) is 42.8 Å². The van der Waals surface area contributed by atoms with E-state index in [2.05, 4.69) is 37.8 Å². The lowest BCUT2D eigenvalue weighted by atomic mass is 9.92. The summed E-state index contributed by atoms with van der Waals surface area (Å²) in [6, 6.07) is 2.05. The molecule has 1 aliphatic carbocycles. The highest BCUT2D eigenvalue weighted by Crippen LogP contribution is 2.38. The van der Waals surface area contributed by atoms with Crippen molar-refractivity contribution >= 4 is 15.4 Å². The molecule has 0 spiro atoms. The zero-order valence-electron chi connectivity index (χ0n) is 17.5. The first-order chi connectivity index (χ1) is 12.4. The molecule has 3 rings (SSSR count). The van der Waals surface area contributed by atoms with Gasteiger partial charge >= 0.3 is 0 Å². The predicted octanol–water partition coefficient (Wildman–Crippen LogP) is 4.66. The van der Waals surface area contributed by atoms with Crippen molar-refractivity contribution in [3.63, 3.8) is 0 Å². The molecule has 1 atom stereocenters. The fourth-order valence-corrected chi connectivity index (χ4v) is 6.07. The third-order valence-corrected chi connectivity index (χ3v) is 9.33. The molecule has 27 heavy (non-hydrogen) atoms. The van der Waals surface area contributed by atoms with E-state index in [-0.39, 0.29) is 10.7 Å². The summed E-state index contributed by atoms with van der Waals surface area (Å²) < 4.78 is 20.6. The Morgan fingerprint density at radius 2 is 1.81 bits per heavy atom. The molecule has 1 fully saturated rings. The summed E-state index contributed by atoms with van der Waals surface area (Å²) in [4.78, 5) is 4.72. The molecule has 150 valence electrons. The maximum Gasteiger partial charge on any atom is 0.212 e. The lowest BCUT2D eigenvalue weighted by Crippen LogP contribution is -2.38. The number of rotatable bonds is 4. The normalized spacial score (nSPS) is 19.2. The van der Waals surface area contributed by atoms with Crippen molar-refractivity contribution in [3.8, 4) is 11.4 Å². The molecule has 0 saturated heterocycles. The van der Waals surface area contributed by atoms with Crippen LogP contribution in [0.5, 0.6) is 0 Å². The van der Waals surface area contributed by atoms with E-state index in [1.54, 1.807) is 6.26 Å². The van der Waals surface area contributed by atoms with Gasteiger partial charge in [0.15, 0.2) is 0 Å². The number of aryl methyl sites for hydroxylation is 1. The van der Waals surface area contributed by atoms with E-state index in [1.807, 2.05) is 25.6 Å². The Labute approximate surface area is 163 Å². The molecular weight excluding hydrogens is 358 g/mol. The monoisotopic (exact) mass is 391 g/mol. The van der Waals surface area contributed by atoms with Crippen molar-refractivity contribution in [1.82, 2.24) is 14.8 Å². The lowest BCUT2D eigenvalue weighted by molar-refractivity contribution is 0.433. The van der Waals surface area contributed by atoms with E-state index < -0.39 is 14.3 Å². The molecule has 0 aromatic carbocycles. The first kappa shape index (κ1) is 20.2. The van der Waals surface area contributed by atoms with Crippen LogP contribution in [0.3, 0.4) is 0 Å². The summed E-state index contributed by atoms with van der Waals surface area (Å²) in [6.45, 7) is 10.3. The second kappa shape index (κ2) is 6.80. The molecular formula is C21H33N3O2S. The van der Waals surface area contributed by atoms with Crippen LogP contribution >= 0.6 is 0 Å². The van der Waals surface area contributed by atoms with Gasteiger partial charge in [-0.2, -0.15) is 5.10 Å². The van der Waals surface area contributed by atoms with Crippen molar-refractivity contribution in [3.05, 3.63) is 23.9 Å². The molecule has 2 aromatic rings. The average Bonchev–Trinajstić information content (AvgIpc) is 3.22. The molecule has 0 bridgehead atoms. The van der Waals surface area contributed by atoms with Crippen molar-refractivity contribution in [2.45, 2.75) is 82.1 Å². The smallest absolute Gasteiger partial charge is 0.212 e. The van der Waals surface area contributed by atoms with Crippen LogP contribution in [0.15, 0.2) is 16.7 Å². The second-order valence-corrected chi connectivity index (χ2v) is 12.5. The van der Waals surface area contributed by atoms with Gasteiger partial charge in [0.25, 0.3) is 0 Å². The fourth-order valence-electron chi connectivity index (χ4n) is 3.75. The first-order valence-corrected chi connectivity index (χ1v) is 11.6.